The summed E-state index contributed by atoms with van der Waals surface area (Å²) in [6, 6.07) is 0.00368. The summed E-state index contributed by atoms with van der Waals surface area (Å²) in [5.41, 5.74) is 0. The van der Waals surface area contributed by atoms with Crippen LogP contribution in [-0.2, 0) is 14.3 Å². The maximum Gasteiger partial charge on any atom is 0.237 e. The molecular weight excluding hydrogens is 196 g/mol. The van der Waals surface area contributed by atoms with Crippen molar-refractivity contribution in [3.63, 3.8) is 0 Å². The summed E-state index contributed by atoms with van der Waals surface area (Å²) in [5.74, 6) is 0.0860. The minimum absolute atomic E-state index is 0.00368. The SMILES string of the molecule is COCCOCCNC(=O)[C@@H]1CCCN1. The fourth-order valence-electron chi connectivity index (χ4n) is 1.52. The topological polar surface area (TPSA) is 59.6 Å². The first kappa shape index (κ1) is 12.4. The van der Waals surface area contributed by atoms with Crippen molar-refractivity contribution < 1.29 is 14.3 Å². The van der Waals surface area contributed by atoms with Gasteiger partial charge in [-0.1, -0.05) is 0 Å². The zero-order valence-corrected chi connectivity index (χ0v) is 9.25. The number of methoxy groups -OCH3 is 1. The lowest BCUT2D eigenvalue weighted by Gasteiger charge is -2.10. The maximum absolute atomic E-state index is 11.5. The second-order valence-electron chi connectivity index (χ2n) is 3.55. The van der Waals surface area contributed by atoms with E-state index in [4.69, 9.17) is 9.47 Å². The van der Waals surface area contributed by atoms with Crippen molar-refractivity contribution in [3.05, 3.63) is 0 Å². The van der Waals surface area contributed by atoms with Crippen molar-refractivity contribution in [2.24, 2.45) is 0 Å². The van der Waals surface area contributed by atoms with Crippen LogP contribution in [0.15, 0.2) is 0 Å². The van der Waals surface area contributed by atoms with E-state index in [0.717, 1.165) is 19.4 Å². The van der Waals surface area contributed by atoms with Gasteiger partial charge in [0, 0.05) is 13.7 Å². The summed E-state index contributed by atoms with van der Waals surface area (Å²) in [4.78, 5) is 11.5. The molecule has 0 radical (unpaired) electrons. The molecule has 0 unspecified atom stereocenters. The average Bonchev–Trinajstić information content (AvgIpc) is 2.76. The van der Waals surface area contributed by atoms with Crippen molar-refractivity contribution in [2.75, 3.05) is 40.0 Å². The minimum Gasteiger partial charge on any atom is -0.382 e. The molecule has 0 aliphatic carbocycles. The molecule has 1 amide bonds. The van der Waals surface area contributed by atoms with E-state index in [1.165, 1.54) is 0 Å². The smallest absolute Gasteiger partial charge is 0.237 e. The summed E-state index contributed by atoms with van der Waals surface area (Å²) in [6.07, 6.45) is 2.03. The summed E-state index contributed by atoms with van der Waals surface area (Å²) in [6.45, 7) is 3.23. The number of ether oxygens (including phenoxy) is 2. The zero-order valence-electron chi connectivity index (χ0n) is 9.25. The molecule has 1 aliphatic rings. The van der Waals surface area contributed by atoms with Crippen LogP contribution in [0.4, 0.5) is 0 Å². The summed E-state index contributed by atoms with van der Waals surface area (Å²) in [7, 11) is 1.64. The number of carbonyl (C=O) groups is 1. The van der Waals surface area contributed by atoms with E-state index in [-0.39, 0.29) is 11.9 Å². The normalized spacial score (nSPS) is 20.5. The fraction of sp³-hybridized carbons (Fsp3) is 0.900. The fourth-order valence-corrected chi connectivity index (χ4v) is 1.52. The van der Waals surface area contributed by atoms with Crippen LogP contribution >= 0.6 is 0 Å². The van der Waals surface area contributed by atoms with Crippen LogP contribution in [0.2, 0.25) is 0 Å². The first-order chi connectivity index (χ1) is 7.34. The number of amides is 1. The van der Waals surface area contributed by atoms with E-state index in [9.17, 15) is 4.79 Å². The second-order valence-corrected chi connectivity index (χ2v) is 3.55. The van der Waals surface area contributed by atoms with Crippen LogP contribution in [0, 0.1) is 0 Å². The molecule has 1 rings (SSSR count). The molecule has 0 saturated carbocycles. The molecule has 0 aromatic carbocycles. The molecule has 5 nitrogen and oxygen atoms in total. The van der Waals surface area contributed by atoms with E-state index < -0.39 is 0 Å². The van der Waals surface area contributed by atoms with E-state index in [0.29, 0.717) is 26.4 Å². The average molecular weight is 216 g/mol. The zero-order chi connectivity index (χ0) is 10.9. The minimum atomic E-state index is 0.00368. The molecule has 1 atom stereocenters. The van der Waals surface area contributed by atoms with Gasteiger partial charge >= 0.3 is 0 Å². The van der Waals surface area contributed by atoms with Gasteiger partial charge < -0.3 is 20.1 Å². The number of carbonyl (C=O) groups excluding carboxylic acids is 1. The molecule has 1 saturated heterocycles. The Morgan fingerprint density at radius 3 is 3.00 bits per heavy atom. The monoisotopic (exact) mass is 216 g/mol. The Bertz CT molecular complexity index is 182. The van der Waals surface area contributed by atoms with Crippen LogP contribution in [0.3, 0.4) is 0 Å². The number of nitrogens with one attached hydrogen (secondary N) is 2. The van der Waals surface area contributed by atoms with Gasteiger partial charge in [0.1, 0.15) is 0 Å². The lowest BCUT2D eigenvalue weighted by molar-refractivity contribution is -0.123. The van der Waals surface area contributed by atoms with Crippen LogP contribution in [0.25, 0.3) is 0 Å². The number of hydrogen-bond donors (Lipinski definition) is 2. The molecule has 1 heterocycles. The van der Waals surface area contributed by atoms with Gasteiger partial charge in [-0.2, -0.15) is 0 Å². The van der Waals surface area contributed by atoms with Gasteiger partial charge in [-0.3, -0.25) is 4.79 Å². The highest BCUT2D eigenvalue weighted by Crippen LogP contribution is 2.03. The van der Waals surface area contributed by atoms with E-state index >= 15 is 0 Å². The van der Waals surface area contributed by atoms with Crippen molar-refractivity contribution in [2.45, 2.75) is 18.9 Å². The van der Waals surface area contributed by atoms with E-state index in [1.807, 2.05) is 0 Å². The Hall–Kier alpha value is -0.650. The number of rotatable bonds is 7. The second kappa shape index (κ2) is 7.62. The highest BCUT2D eigenvalue weighted by molar-refractivity contribution is 5.81. The molecular formula is C10H20N2O3. The van der Waals surface area contributed by atoms with Crippen molar-refractivity contribution in [1.82, 2.24) is 10.6 Å². The summed E-state index contributed by atoms with van der Waals surface area (Å²) >= 11 is 0. The van der Waals surface area contributed by atoms with Gasteiger partial charge in [0.2, 0.25) is 5.91 Å². The molecule has 1 fully saturated rings. The highest BCUT2D eigenvalue weighted by Gasteiger charge is 2.20. The lowest BCUT2D eigenvalue weighted by atomic mass is 10.2. The van der Waals surface area contributed by atoms with Crippen LogP contribution in [-0.4, -0.2) is 52.0 Å². The lowest BCUT2D eigenvalue weighted by Crippen LogP contribution is -2.41. The third-order valence-electron chi connectivity index (χ3n) is 2.35. The van der Waals surface area contributed by atoms with Gasteiger partial charge in [0.15, 0.2) is 0 Å². The molecule has 5 heteroatoms. The predicted octanol–water partition coefficient (Wildman–Crippen LogP) is -0.482. The highest BCUT2D eigenvalue weighted by atomic mass is 16.5. The van der Waals surface area contributed by atoms with Crippen molar-refractivity contribution in [1.29, 1.82) is 0 Å². The molecule has 0 bridgehead atoms. The molecule has 1 aliphatic heterocycles. The third kappa shape index (κ3) is 5.11. The van der Waals surface area contributed by atoms with E-state index in [1.54, 1.807) is 7.11 Å². The quantitative estimate of drug-likeness (QED) is 0.564. The molecule has 2 N–H and O–H groups in total. The van der Waals surface area contributed by atoms with Crippen molar-refractivity contribution >= 4 is 5.91 Å². The van der Waals surface area contributed by atoms with Crippen LogP contribution < -0.4 is 10.6 Å². The Labute approximate surface area is 90.5 Å². The van der Waals surface area contributed by atoms with Crippen LogP contribution in [0.5, 0.6) is 0 Å². The van der Waals surface area contributed by atoms with Crippen LogP contribution in [0.1, 0.15) is 12.8 Å². The molecule has 88 valence electrons. The van der Waals surface area contributed by atoms with Gasteiger partial charge in [0.25, 0.3) is 0 Å². The molecule has 0 aromatic heterocycles. The Kier molecular flexibility index (Phi) is 6.31. The van der Waals surface area contributed by atoms with Gasteiger partial charge in [-0.05, 0) is 19.4 Å². The van der Waals surface area contributed by atoms with Gasteiger partial charge in [-0.15, -0.1) is 0 Å². The number of hydrogen-bond acceptors (Lipinski definition) is 4. The Morgan fingerprint density at radius 2 is 2.33 bits per heavy atom. The van der Waals surface area contributed by atoms with Gasteiger partial charge in [-0.25, -0.2) is 0 Å². The third-order valence-corrected chi connectivity index (χ3v) is 2.35. The molecule has 0 spiro atoms. The first-order valence-electron chi connectivity index (χ1n) is 5.42. The Morgan fingerprint density at radius 1 is 1.47 bits per heavy atom. The van der Waals surface area contributed by atoms with Gasteiger partial charge in [0.05, 0.1) is 25.9 Å². The molecule has 15 heavy (non-hydrogen) atoms. The van der Waals surface area contributed by atoms with Crippen molar-refractivity contribution in [3.8, 4) is 0 Å². The van der Waals surface area contributed by atoms with E-state index in [2.05, 4.69) is 10.6 Å². The molecule has 0 aromatic rings. The summed E-state index contributed by atoms with van der Waals surface area (Å²) in [5, 5.41) is 5.98. The Balaban J connectivity index is 1.92. The summed E-state index contributed by atoms with van der Waals surface area (Å²) < 4.78 is 10.1. The standard InChI is InChI=1S/C10H20N2O3/c1-14-7-8-15-6-5-12-10(13)9-3-2-4-11-9/h9,11H,2-8H2,1H3,(H,12,13)/t9-/m0/s1. The maximum atomic E-state index is 11.5. The largest absolute Gasteiger partial charge is 0.382 e. The first-order valence-corrected chi connectivity index (χ1v) is 5.42. The predicted molar refractivity (Wildman–Crippen MR) is 56.7 cm³/mol.